The molecule has 1 amide bonds. The lowest BCUT2D eigenvalue weighted by Gasteiger charge is -2.35. The van der Waals surface area contributed by atoms with E-state index < -0.39 is 0 Å². The number of carbonyl (C=O) groups is 1. The SMILES string of the molecule is Cc1cc(C)nc(-n2nc(C)c(CC(=O)N3CCN(Cc4ccc5c(c4)CCO5)CC3)c2C)n1. The molecule has 0 spiro atoms. The molecule has 2 aliphatic rings. The summed E-state index contributed by atoms with van der Waals surface area (Å²) in [6, 6.07) is 8.45. The number of ether oxygens (including phenoxy) is 1. The number of benzene rings is 1. The minimum Gasteiger partial charge on any atom is -0.493 e. The summed E-state index contributed by atoms with van der Waals surface area (Å²) in [5.41, 5.74) is 7.18. The van der Waals surface area contributed by atoms with Gasteiger partial charge in [-0.1, -0.05) is 12.1 Å². The summed E-state index contributed by atoms with van der Waals surface area (Å²) < 4.78 is 7.38. The van der Waals surface area contributed by atoms with Gasteiger partial charge in [-0.15, -0.1) is 0 Å². The molecule has 0 saturated carbocycles. The Morgan fingerprint density at radius 2 is 1.74 bits per heavy atom. The second-order valence-corrected chi connectivity index (χ2v) is 9.39. The maximum Gasteiger partial charge on any atom is 0.251 e. The van der Waals surface area contributed by atoms with Crippen LogP contribution in [0.15, 0.2) is 24.3 Å². The Hall–Kier alpha value is -3.26. The average Bonchev–Trinajstić information content (AvgIpc) is 3.38. The highest BCUT2D eigenvalue weighted by Crippen LogP contribution is 2.26. The number of nitrogens with zero attached hydrogens (tertiary/aromatic N) is 6. The van der Waals surface area contributed by atoms with Gasteiger partial charge in [0.1, 0.15) is 5.75 Å². The lowest BCUT2D eigenvalue weighted by Crippen LogP contribution is -2.48. The number of piperazine rings is 1. The van der Waals surface area contributed by atoms with Gasteiger partial charge in [0.25, 0.3) is 5.95 Å². The number of aryl methyl sites for hydroxylation is 3. The van der Waals surface area contributed by atoms with Gasteiger partial charge in [0.2, 0.25) is 5.91 Å². The van der Waals surface area contributed by atoms with Crippen LogP contribution in [0.25, 0.3) is 5.95 Å². The molecule has 8 heteroatoms. The summed E-state index contributed by atoms with van der Waals surface area (Å²) in [6.07, 6.45) is 1.35. The normalized spacial score (nSPS) is 15.9. The van der Waals surface area contributed by atoms with E-state index in [1.807, 2.05) is 38.7 Å². The molecule has 2 aromatic heterocycles. The third-order valence-electron chi connectivity index (χ3n) is 6.81. The number of rotatable bonds is 5. The monoisotopic (exact) mass is 460 g/mol. The van der Waals surface area contributed by atoms with Crippen LogP contribution >= 0.6 is 0 Å². The van der Waals surface area contributed by atoms with Crippen LogP contribution in [0.4, 0.5) is 0 Å². The first-order chi connectivity index (χ1) is 16.4. The van der Waals surface area contributed by atoms with Gasteiger partial charge in [-0.3, -0.25) is 9.69 Å². The number of hydrogen-bond donors (Lipinski definition) is 0. The van der Waals surface area contributed by atoms with Gasteiger partial charge in [-0.05, 0) is 51.0 Å². The molecule has 0 N–H and O–H groups in total. The Morgan fingerprint density at radius 3 is 2.47 bits per heavy atom. The van der Waals surface area contributed by atoms with Crippen LogP contribution in [0.5, 0.6) is 5.75 Å². The third-order valence-corrected chi connectivity index (χ3v) is 6.81. The standard InChI is InChI=1S/C26H32N6O2/c1-17-13-18(2)28-26(27-17)32-20(4)23(19(3)29-32)15-25(33)31-10-8-30(9-11-31)16-21-5-6-24-22(14-21)7-12-34-24/h5-6,13-14H,7-12,15-16H2,1-4H3. The van der Waals surface area contributed by atoms with Crippen LogP contribution < -0.4 is 4.74 Å². The van der Waals surface area contributed by atoms with Crippen LogP contribution in [0.3, 0.4) is 0 Å². The molecule has 2 aliphatic heterocycles. The zero-order valence-corrected chi connectivity index (χ0v) is 20.5. The zero-order chi connectivity index (χ0) is 23.8. The average molecular weight is 461 g/mol. The molecule has 8 nitrogen and oxygen atoms in total. The number of hydrogen-bond acceptors (Lipinski definition) is 6. The first-order valence-electron chi connectivity index (χ1n) is 12.0. The fourth-order valence-electron chi connectivity index (χ4n) is 4.94. The van der Waals surface area contributed by atoms with Crippen LogP contribution in [0.2, 0.25) is 0 Å². The number of carbonyl (C=O) groups excluding carboxylic acids is 1. The summed E-state index contributed by atoms with van der Waals surface area (Å²) in [6.45, 7) is 12.8. The summed E-state index contributed by atoms with van der Waals surface area (Å²) in [5.74, 6) is 1.74. The van der Waals surface area contributed by atoms with Gasteiger partial charge >= 0.3 is 0 Å². The Morgan fingerprint density at radius 1 is 1.00 bits per heavy atom. The van der Waals surface area contributed by atoms with Crippen molar-refractivity contribution in [1.29, 1.82) is 0 Å². The van der Waals surface area contributed by atoms with E-state index in [2.05, 4.69) is 38.2 Å². The van der Waals surface area contributed by atoms with Crippen molar-refractivity contribution in [3.63, 3.8) is 0 Å². The van der Waals surface area contributed by atoms with E-state index in [9.17, 15) is 4.79 Å². The first-order valence-corrected chi connectivity index (χ1v) is 12.0. The van der Waals surface area contributed by atoms with E-state index >= 15 is 0 Å². The molecule has 0 atom stereocenters. The van der Waals surface area contributed by atoms with E-state index in [0.717, 1.165) is 79.8 Å². The van der Waals surface area contributed by atoms with Crippen molar-refractivity contribution >= 4 is 5.91 Å². The second-order valence-electron chi connectivity index (χ2n) is 9.39. The molecule has 1 fully saturated rings. The highest BCUT2D eigenvalue weighted by atomic mass is 16.5. The van der Waals surface area contributed by atoms with Crippen LogP contribution in [0.1, 0.15) is 39.5 Å². The van der Waals surface area contributed by atoms with Gasteiger partial charge in [0, 0.05) is 61.8 Å². The molecule has 1 aromatic carbocycles. The van der Waals surface area contributed by atoms with Crippen LogP contribution in [0, 0.1) is 27.7 Å². The van der Waals surface area contributed by atoms with Crippen molar-refractivity contribution in [2.45, 2.75) is 47.1 Å². The van der Waals surface area contributed by atoms with Crippen molar-refractivity contribution in [2.75, 3.05) is 32.8 Å². The molecule has 4 heterocycles. The second kappa shape index (κ2) is 9.18. The van der Waals surface area contributed by atoms with Crippen molar-refractivity contribution < 1.29 is 9.53 Å². The maximum absolute atomic E-state index is 13.1. The fraction of sp³-hybridized carbons (Fsp3) is 0.462. The third kappa shape index (κ3) is 4.55. The van der Waals surface area contributed by atoms with Gasteiger partial charge in [-0.25, -0.2) is 14.6 Å². The molecular formula is C26H32N6O2. The predicted molar refractivity (Wildman–Crippen MR) is 129 cm³/mol. The molecule has 0 aliphatic carbocycles. The quantitative estimate of drug-likeness (QED) is 0.583. The van der Waals surface area contributed by atoms with Crippen LogP contribution in [-0.2, 0) is 24.2 Å². The highest BCUT2D eigenvalue weighted by molar-refractivity contribution is 5.79. The Balaban J connectivity index is 1.21. The molecular weight excluding hydrogens is 428 g/mol. The maximum atomic E-state index is 13.1. The molecule has 0 bridgehead atoms. The highest BCUT2D eigenvalue weighted by Gasteiger charge is 2.24. The van der Waals surface area contributed by atoms with Crippen molar-refractivity contribution in [1.82, 2.24) is 29.5 Å². The Kier molecular flexibility index (Phi) is 6.08. The van der Waals surface area contributed by atoms with Crippen LogP contribution in [-0.4, -0.2) is 68.2 Å². The predicted octanol–water partition coefficient (Wildman–Crippen LogP) is 2.72. The van der Waals surface area contributed by atoms with E-state index in [4.69, 9.17) is 4.74 Å². The molecule has 3 aromatic rings. The lowest BCUT2D eigenvalue weighted by atomic mass is 10.1. The summed E-state index contributed by atoms with van der Waals surface area (Å²) in [7, 11) is 0. The molecule has 5 rings (SSSR count). The molecule has 178 valence electrons. The molecule has 0 radical (unpaired) electrons. The minimum atomic E-state index is 0.154. The minimum absolute atomic E-state index is 0.154. The summed E-state index contributed by atoms with van der Waals surface area (Å²) >= 11 is 0. The van der Waals surface area contributed by atoms with Crippen molar-refractivity contribution in [3.8, 4) is 11.7 Å². The number of fused-ring (bicyclic) bond motifs is 1. The molecule has 1 saturated heterocycles. The Labute approximate surface area is 200 Å². The first kappa shape index (κ1) is 22.5. The topological polar surface area (TPSA) is 76.4 Å². The Bertz CT molecular complexity index is 1210. The van der Waals surface area contributed by atoms with Gasteiger partial charge in [0.15, 0.2) is 0 Å². The summed E-state index contributed by atoms with van der Waals surface area (Å²) in [5, 5.41) is 4.65. The number of aromatic nitrogens is 4. The van der Waals surface area contributed by atoms with E-state index in [1.54, 1.807) is 4.68 Å². The van der Waals surface area contributed by atoms with Gasteiger partial charge < -0.3 is 9.64 Å². The zero-order valence-electron chi connectivity index (χ0n) is 20.5. The van der Waals surface area contributed by atoms with Crippen molar-refractivity contribution in [2.24, 2.45) is 0 Å². The molecule has 34 heavy (non-hydrogen) atoms. The summed E-state index contributed by atoms with van der Waals surface area (Å²) in [4.78, 5) is 26.6. The van der Waals surface area contributed by atoms with Gasteiger partial charge in [-0.2, -0.15) is 5.10 Å². The van der Waals surface area contributed by atoms with Gasteiger partial charge in [0.05, 0.1) is 18.7 Å². The largest absolute Gasteiger partial charge is 0.493 e. The fourth-order valence-corrected chi connectivity index (χ4v) is 4.94. The lowest BCUT2D eigenvalue weighted by molar-refractivity contribution is -0.132. The smallest absolute Gasteiger partial charge is 0.251 e. The van der Waals surface area contributed by atoms with E-state index in [1.165, 1.54) is 11.1 Å². The number of amides is 1. The van der Waals surface area contributed by atoms with E-state index in [-0.39, 0.29) is 5.91 Å². The van der Waals surface area contributed by atoms with E-state index in [0.29, 0.717) is 12.4 Å². The van der Waals surface area contributed by atoms with Crippen molar-refractivity contribution in [3.05, 3.63) is 63.7 Å². The molecule has 0 unspecified atom stereocenters.